The Morgan fingerprint density at radius 2 is 1.81 bits per heavy atom. The third-order valence-electron chi connectivity index (χ3n) is 3.20. The average Bonchev–Trinajstić information content (AvgIpc) is 2.15. The van der Waals surface area contributed by atoms with Crippen LogP contribution in [-0.2, 0) is 6.18 Å². The van der Waals surface area contributed by atoms with E-state index in [0.29, 0.717) is 18.4 Å². The van der Waals surface area contributed by atoms with Crippen molar-refractivity contribution in [2.75, 3.05) is 6.61 Å². The number of hydrogen-bond donors (Lipinski definition) is 1. The first-order chi connectivity index (χ1) is 7.52. The smallest absolute Gasteiger partial charge is 0.396 e. The van der Waals surface area contributed by atoms with Gasteiger partial charge in [0, 0.05) is 6.61 Å². The van der Waals surface area contributed by atoms with Crippen LogP contribution in [-0.4, -0.2) is 11.7 Å². The number of benzene rings is 1. The Morgan fingerprint density at radius 3 is 2.38 bits per heavy atom. The Hall–Kier alpha value is -1.03. The van der Waals surface area contributed by atoms with Gasteiger partial charge < -0.3 is 5.11 Å². The maximum atomic E-state index is 12.7. The van der Waals surface area contributed by atoms with E-state index in [2.05, 4.69) is 0 Å². The highest BCUT2D eigenvalue weighted by Crippen LogP contribution is 2.45. The zero-order valence-corrected chi connectivity index (χ0v) is 8.67. The summed E-state index contributed by atoms with van der Waals surface area (Å²) in [7, 11) is 0. The number of aliphatic hydroxyl groups is 1. The van der Waals surface area contributed by atoms with E-state index < -0.39 is 11.7 Å². The lowest BCUT2D eigenvalue weighted by Crippen LogP contribution is -2.26. The summed E-state index contributed by atoms with van der Waals surface area (Å²) in [6.45, 7) is 0.0741. The van der Waals surface area contributed by atoms with E-state index >= 15 is 0 Å². The lowest BCUT2D eigenvalue weighted by atomic mass is 9.70. The van der Waals surface area contributed by atoms with Crippen LogP contribution in [0.25, 0.3) is 0 Å². The van der Waals surface area contributed by atoms with Crippen LogP contribution in [0.3, 0.4) is 0 Å². The zero-order valence-electron chi connectivity index (χ0n) is 8.67. The summed E-state index contributed by atoms with van der Waals surface area (Å²) in [5.74, 6) is 0.126. The molecule has 1 aliphatic rings. The summed E-state index contributed by atoms with van der Waals surface area (Å²) in [5.41, 5.74) is -0.156. The van der Waals surface area contributed by atoms with Gasteiger partial charge in [0.1, 0.15) is 0 Å². The van der Waals surface area contributed by atoms with Crippen molar-refractivity contribution >= 4 is 0 Å². The molecule has 0 aliphatic heterocycles. The third kappa shape index (κ3) is 2.07. The van der Waals surface area contributed by atoms with E-state index in [1.807, 2.05) is 0 Å². The summed E-state index contributed by atoms with van der Waals surface area (Å²) in [4.78, 5) is 0. The Labute approximate surface area is 91.9 Å². The van der Waals surface area contributed by atoms with Crippen molar-refractivity contribution in [3.8, 4) is 0 Å². The molecule has 0 atom stereocenters. The van der Waals surface area contributed by atoms with Gasteiger partial charge in [-0.2, -0.15) is 13.2 Å². The SMILES string of the molecule is OCC1CC(c2ccccc2C(F)(F)F)C1. The van der Waals surface area contributed by atoms with Crippen LogP contribution in [0, 0.1) is 5.92 Å². The highest BCUT2D eigenvalue weighted by Gasteiger charge is 2.38. The van der Waals surface area contributed by atoms with Gasteiger partial charge in [-0.1, -0.05) is 18.2 Å². The predicted molar refractivity (Wildman–Crippen MR) is 54.0 cm³/mol. The van der Waals surface area contributed by atoms with E-state index in [0.717, 1.165) is 6.07 Å². The molecule has 2 rings (SSSR count). The van der Waals surface area contributed by atoms with Crippen LogP contribution in [0.15, 0.2) is 24.3 Å². The van der Waals surface area contributed by atoms with Crippen molar-refractivity contribution in [1.29, 1.82) is 0 Å². The van der Waals surface area contributed by atoms with Crippen molar-refractivity contribution < 1.29 is 18.3 Å². The second-order valence-electron chi connectivity index (χ2n) is 4.30. The van der Waals surface area contributed by atoms with Crippen LogP contribution in [0.2, 0.25) is 0 Å². The molecule has 0 saturated heterocycles. The molecule has 0 unspecified atom stereocenters. The largest absolute Gasteiger partial charge is 0.416 e. The van der Waals surface area contributed by atoms with Crippen molar-refractivity contribution in [2.24, 2.45) is 5.92 Å². The van der Waals surface area contributed by atoms with E-state index in [9.17, 15) is 13.2 Å². The van der Waals surface area contributed by atoms with Gasteiger partial charge in [-0.15, -0.1) is 0 Å². The minimum atomic E-state index is -4.28. The fourth-order valence-electron chi connectivity index (χ4n) is 2.25. The fourth-order valence-corrected chi connectivity index (χ4v) is 2.25. The summed E-state index contributed by atoms with van der Waals surface area (Å²) in [5, 5.41) is 8.86. The molecule has 0 heterocycles. The lowest BCUT2D eigenvalue weighted by Gasteiger charge is -2.35. The number of hydrogen-bond acceptors (Lipinski definition) is 1. The Bertz CT molecular complexity index is 367. The molecule has 1 fully saturated rings. The van der Waals surface area contributed by atoms with Gasteiger partial charge >= 0.3 is 6.18 Å². The molecule has 1 aromatic rings. The minimum absolute atomic E-state index is 0.0463. The molecule has 1 aliphatic carbocycles. The second kappa shape index (κ2) is 4.09. The first-order valence-corrected chi connectivity index (χ1v) is 5.29. The van der Waals surface area contributed by atoms with Gasteiger partial charge in [0.25, 0.3) is 0 Å². The molecule has 4 heteroatoms. The van der Waals surface area contributed by atoms with Crippen molar-refractivity contribution in [3.63, 3.8) is 0 Å². The Balaban J connectivity index is 2.22. The first-order valence-electron chi connectivity index (χ1n) is 5.29. The Morgan fingerprint density at radius 1 is 1.19 bits per heavy atom. The predicted octanol–water partition coefficient (Wildman–Crippen LogP) is 3.19. The van der Waals surface area contributed by atoms with Crippen LogP contribution in [0.5, 0.6) is 0 Å². The number of alkyl halides is 3. The van der Waals surface area contributed by atoms with E-state index in [1.54, 1.807) is 12.1 Å². The summed E-state index contributed by atoms with van der Waals surface area (Å²) in [6.07, 6.45) is -2.96. The number of aliphatic hydroxyl groups excluding tert-OH is 1. The molecule has 0 bridgehead atoms. The molecule has 88 valence electrons. The molecule has 1 N–H and O–H groups in total. The average molecular weight is 230 g/mol. The van der Waals surface area contributed by atoms with Gasteiger partial charge in [0.05, 0.1) is 5.56 Å². The highest BCUT2D eigenvalue weighted by molar-refractivity contribution is 5.34. The van der Waals surface area contributed by atoms with Gasteiger partial charge in [-0.3, -0.25) is 0 Å². The maximum Gasteiger partial charge on any atom is 0.416 e. The molecule has 1 saturated carbocycles. The number of halogens is 3. The van der Waals surface area contributed by atoms with E-state index in [4.69, 9.17) is 5.11 Å². The zero-order chi connectivity index (χ0) is 11.8. The van der Waals surface area contributed by atoms with Crippen molar-refractivity contribution in [2.45, 2.75) is 24.9 Å². The fraction of sp³-hybridized carbons (Fsp3) is 0.500. The van der Waals surface area contributed by atoms with Gasteiger partial charge in [0.15, 0.2) is 0 Å². The third-order valence-corrected chi connectivity index (χ3v) is 3.20. The molecule has 1 aromatic carbocycles. The van der Waals surface area contributed by atoms with Crippen LogP contribution in [0.1, 0.15) is 29.9 Å². The van der Waals surface area contributed by atoms with Crippen molar-refractivity contribution in [3.05, 3.63) is 35.4 Å². The minimum Gasteiger partial charge on any atom is -0.396 e. The maximum absolute atomic E-state index is 12.7. The van der Waals surface area contributed by atoms with Crippen LogP contribution >= 0.6 is 0 Å². The Kier molecular flexibility index (Phi) is 2.93. The van der Waals surface area contributed by atoms with Gasteiger partial charge in [-0.25, -0.2) is 0 Å². The molecule has 1 nitrogen and oxygen atoms in total. The lowest BCUT2D eigenvalue weighted by molar-refractivity contribution is -0.138. The summed E-state index contributed by atoms with van der Waals surface area (Å²) >= 11 is 0. The highest BCUT2D eigenvalue weighted by atomic mass is 19.4. The summed E-state index contributed by atoms with van der Waals surface area (Å²) < 4.78 is 38.1. The quantitative estimate of drug-likeness (QED) is 0.827. The van der Waals surface area contributed by atoms with Gasteiger partial charge in [0.2, 0.25) is 0 Å². The second-order valence-corrected chi connectivity index (χ2v) is 4.30. The molecule has 0 radical (unpaired) electrons. The summed E-state index contributed by atoms with van der Waals surface area (Å²) in [6, 6.07) is 5.72. The van der Waals surface area contributed by atoms with Gasteiger partial charge in [-0.05, 0) is 36.3 Å². The standard InChI is InChI=1S/C12H13F3O/c13-12(14,15)11-4-2-1-3-10(11)9-5-8(6-9)7-16/h1-4,8-9,16H,5-7H2. The first kappa shape index (κ1) is 11.5. The van der Waals surface area contributed by atoms with Crippen LogP contribution < -0.4 is 0 Å². The van der Waals surface area contributed by atoms with E-state index in [-0.39, 0.29) is 18.4 Å². The van der Waals surface area contributed by atoms with E-state index in [1.165, 1.54) is 6.07 Å². The number of rotatable bonds is 2. The topological polar surface area (TPSA) is 20.2 Å². The monoisotopic (exact) mass is 230 g/mol. The molecule has 0 spiro atoms. The normalized spacial score (nSPS) is 25.2. The molecular weight excluding hydrogens is 217 g/mol. The molecule has 0 aromatic heterocycles. The molecule has 0 amide bonds. The molecular formula is C12H13F3O. The molecule has 16 heavy (non-hydrogen) atoms. The van der Waals surface area contributed by atoms with Crippen LogP contribution in [0.4, 0.5) is 13.2 Å². The van der Waals surface area contributed by atoms with Crippen molar-refractivity contribution in [1.82, 2.24) is 0 Å².